The van der Waals surface area contributed by atoms with Gasteiger partial charge < -0.3 is 10.4 Å². The van der Waals surface area contributed by atoms with Crippen LogP contribution in [0.5, 0.6) is 0 Å². The molecule has 2 atom stereocenters. The number of aryl methyl sites for hydroxylation is 1. The molecule has 33 heavy (non-hydrogen) atoms. The Morgan fingerprint density at radius 3 is 2.64 bits per heavy atom. The predicted octanol–water partition coefficient (Wildman–Crippen LogP) is 4.85. The highest BCUT2D eigenvalue weighted by Crippen LogP contribution is 2.41. The number of fused-ring (bicyclic) bond motifs is 1. The van der Waals surface area contributed by atoms with Gasteiger partial charge >= 0.3 is 5.97 Å². The van der Waals surface area contributed by atoms with Crippen molar-refractivity contribution in [1.29, 1.82) is 0 Å². The number of nitrogens with zero attached hydrogens (tertiary/aromatic N) is 2. The number of hydrogen-bond donors (Lipinski definition) is 2. The summed E-state index contributed by atoms with van der Waals surface area (Å²) in [7, 11) is 0. The molecule has 1 heterocycles. The van der Waals surface area contributed by atoms with Crippen LogP contribution in [0.3, 0.4) is 0 Å². The van der Waals surface area contributed by atoms with E-state index < -0.39 is 5.97 Å². The fourth-order valence-corrected chi connectivity index (χ4v) is 5.69. The van der Waals surface area contributed by atoms with Gasteiger partial charge in [0.05, 0.1) is 6.21 Å². The predicted molar refractivity (Wildman–Crippen MR) is 134 cm³/mol. The minimum Gasteiger partial charge on any atom is -0.481 e. The van der Waals surface area contributed by atoms with E-state index in [0.29, 0.717) is 5.56 Å². The number of anilines is 1. The Kier molecular flexibility index (Phi) is 7.70. The van der Waals surface area contributed by atoms with Crippen LogP contribution in [0.2, 0.25) is 0 Å². The average molecular weight is 466 g/mol. The van der Waals surface area contributed by atoms with Crippen LogP contribution in [0.25, 0.3) is 0 Å². The van der Waals surface area contributed by atoms with Crippen LogP contribution in [0.15, 0.2) is 47.6 Å². The number of thioether (sulfide) groups is 1. The molecule has 2 aromatic rings. The summed E-state index contributed by atoms with van der Waals surface area (Å²) >= 11 is 1.95. The van der Waals surface area contributed by atoms with Gasteiger partial charge in [-0.2, -0.15) is 16.9 Å². The Balaban J connectivity index is 1.42. The molecule has 4 rings (SSSR count). The highest BCUT2D eigenvalue weighted by Gasteiger charge is 2.30. The molecule has 1 aliphatic carbocycles. The summed E-state index contributed by atoms with van der Waals surface area (Å²) in [6, 6.07) is 13.5. The lowest BCUT2D eigenvalue weighted by Gasteiger charge is -2.32. The van der Waals surface area contributed by atoms with E-state index in [9.17, 15) is 14.7 Å². The number of benzene rings is 2. The molecule has 0 saturated carbocycles. The molecule has 0 aromatic heterocycles. The van der Waals surface area contributed by atoms with E-state index in [-0.39, 0.29) is 24.2 Å². The molecule has 1 amide bonds. The Labute approximate surface area is 199 Å². The Morgan fingerprint density at radius 2 is 1.94 bits per heavy atom. The van der Waals surface area contributed by atoms with Crippen molar-refractivity contribution in [1.82, 2.24) is 5.01 Å². The smallest absolute Gasteiger partial charge is 0.303 e. The van der Waals surface area contributed by atoms with Crippen LogP contribution in [-0.4, -0.2) is 52.8 Å². The Hall–Kier alpha value is -2.80. The first-order chi connectivity index (χ1) is 16.0. The van der Waals surface area contributed by atoms with E-state index in [2.05, 4.69) is 28.4 Å². The maximum Gasteiger partial charge on any atom is 0.303 e. The van der Waals surface area contributed by atoms with Crippen molar-refractivity contribution in [3.05, 3.63) is 64.7 Å². The van der Waals surface area contributed by atoms with E-state index in [1.807, 2.05) is 54.4 Å². The van der Waals surface area contributed by atoms with Crippen LogP contribution in [-0.2, 0) is 11.2 Å². The number of aliphatic carboxylic acids is 1. The van der Waals surface area contributed by atoms with Gasteiger partial charge in [-0.1, -0.05) is 25.1 Å². The summed E-state index contributed by atoms with van der Waals surface area (Å²) in [5, 5.41) is 18.9. The highest BCUT2D eigenvalue weighted by molar-refractivity contribution is 7.99. The molecule has 0 bridgehead atoms. The van der Waals surface area contributed by atoms with Crippen LogP contribution in [0.4, 0.5) is 5.69 Å². The van der Waals surface area contributed by atoms with E-state index in [0.717, 1.165) is 55.1 Å². The normalized spacial score (nSPS) is 20.5. The summed E-state index contributed by atoms with van der Waals surface area (Å²) < 4.78 is 0. The number of hydrogen-bond acceptors (Lipinski definition) is 5. The van der Waals surface area contributed by atoms with Gasteiger partial charge in [-0.15, -0.1) is 0 Å². The molecule has 0 radical (unpaired) electrons. The van der Waals surface area contributed by atoms with Gasteiger partial charge in [0.1, 0.15) is 0 Å². The number of amides is 1. The maximum atomic E-state index is 12.8. The summed E-state index contributed by atoms with van der Waals surface area (Å²) in [6.45, 7) is 4.05. The second kappa shape index (κ2) is 10.9. The van der Waals surface area contributed by atoms with Gasteiger partial charge in [0.15, 0.2) is 0 Å². The molecule has 1 aliphatic heterocycles. The van der Waals surface area contributed by atoms with Gasteiger partial charge in [-0.25, -0.2) is 0 Å². The monoisotopic (exact) mass is 465 g/mol. The number of carboxylic acids is 1. The summed E-state index contributed by atoms with van der Waals surface area (Å²) in [5.74, 6) is 1.67. The second-order valence-corrected chi connectivity index (χ2v) is 9.94. The average Bonchev–Trinajstić information content (AvgIpc) is 2.83. The van der Waals surface area contributed by atoms with Crippen molar-refractivity contribution in [2.24, 2.45) is 11.0 Å². The Morgan fingerprint density at radius 1 is 1.18 bits per heavy atom. The zero-order chi connectivity index (χ0) is 23.2. The van der Waals surface area contributed by atoms with Gasteiger partial charge in [-0.3, -0.25) is 14.6 Å². The van der Waals surface area contributed by atoms with Gasteiger partial charge in [0.2, 0.25) is 0 Å². The standard InChI is InChI=1S/C26H31N3O3S/c1-2-23-21(15-25(30)31)8-7-19-9-10-22(16-24(19)23)28-26(32)20-5-3-18(4-6-20)17-27-29-11-13-33-14-12-29/h3-6,9-10,16-17,21,23H,2,7-8,11-15H2,1H3,(H,28,32)(H,30,31). The van der Waals surface area contributed by atoms with E-state index in [4.69, 9.17) is 0 Å². The van der Waals surface area contributed by atoms with Crippen molar-refractivity contribution in [2.45, 2.75) is 38.5 Å². The van der Waals surface area contributed by atoms with Crippen LogP contribution in [0.1, 0.15) is 59.2 Å². The SMILES string of the molecule is CCC1c2cc(NC(=O)c3ccc(C=NN4CCSCC4)cc3)ccc2CCC1CC(=O)O. The van der Waals surface area contributed by atoms with E-state index in [1.165, 1.54) is 11.1 Å². The molecule has 0 spiro atoms. The molecule has 2 N–H and O–H groups in total. The maximum absolute atomic E-state index is 12.8. The molecule has 1 fully saturated rings. The van der Waals surface area contributed by atoms with Crippen molar-refractivity contribution in [3.8, 4) is 0 Å². The zero-order valence-corrected chi connectivity index (χ0v) is 19.8. The molecule has 6 nitrogen and oxygen atoms in total. The lowest BCUT2D eigenvalue weighted by molar-refractivity contribution is -0.138. The minimum atomic E-state index is -0.741. The topological polar surface area (TPSA) is 82.0 Å². The number of hydrazone groups is 1. The molecule has 1 saturated heterocycles. The number of carboxylic acid groups (broad SMARTS) is 1. The van der Waals surface area contributed by atoms with Crippen LogP contribution < -0.4 is 5.32 Å². The summed E-state index contributed by atoms with van der Waals surface area (Å²) in [6.07, 6.45) is 4.72. The fourth-order valence-electron chi connectivity index (χ4n) is 4.80. The highest BCUT2D eigenvalue weighted by atomic mass is 32.2. The van der Waals surface area contributed by atoms with Gasteiger partial charge in [0.25, 0.3) is 5.91 Å². The third kappa shape index (κ3) is 5.96. The number of rotatable bonds is 7. The molecule has 2 unspecified atom stereocenters. The molecule has 2 aliphatic rings. The van der Waals surface area contributed by atoms with E-state index >= 15 is 0 Å². The first-order valence-corrected chi connectivity index (χ1v) is 12.8. The zero-order valence-electron chi connectivity index (χ0n) is 19.0. The third-order valence-electron chi connectivity index (χ3n) is 6.56. The molecule has 7 heteroatoms. The van der Waals surface area contributed by atoms with Gasteiger partial charge in [0, 0.05) is 42.3 Å². The third-order valence-corrected chi connectivity index (χ3v) is 7.51. The van der Waals surface area contributed by atoms with Crippen molar-refractivity contribution >= 4 is 35.5 Å². The van der Waals surface area contributed by atoms with Crippen LogP contribution >= 0.6 is 11.8 Å². The van der Waals surface area contributed by atoms with Crippen molar-refractivity contribution in [3.63, 3.8) is 0 Å². The fraction of sp³-hybridized carbons (Fsp3) is 0.423. The molecule has 2 aromatic carbocycles. The lowest BCUT2D eigenvalue weighted by Crippen LogP contribution is -2.27. The van der Waals surface area contributed by atoms with Crippen molar-refractivity contribution < 1.29 is 14.7 Å². The summed E-state index contributed by atoms with van der Waals surface area (Å²) in [5.41, 5.74) is 4.75. The first kappa shape index (κ1) is 23.4. The first-order valence-electron chi connectivity index (χ1n) is 11.7. The molecule has 174 valence electrons. The molecular weight excluding hydrogens is 434 g/mol. The summed E-state index contributed by atoms with van der Waals surface area (Å²) in [4.78, 5) is 24.1. The largest absolute Gasteiger partial charge is 0.481 e. The molecular formula is C26H31N3O3S. The van der Waals surface area contributed by atoms with Crippen LogP contribution in [0, 0.1) is 5.92 Å². The van der Waals surface area contributed by atoms with Crippen molar-refractivity contribution in [2.75, 3.05) is 29.9 Å². The quantitative estimate of drug-likeness (QED) is 0.571. The number of carbonyl (C=O) groups excluding carboxylic acids is 1. The minimum absolute atomic E-state index is 0.142. The lowest BCUT2D eigenvalue weighted by atomic mass is 9.72. The number of nitrogens with one attached hydrogen (secondary N) is 1. The Bertz CT molecular complexity index is 1020. The van der Waals surface area contributed by atoms with Gasteiger partial charge in [-0.05, 0) is 72.1 Å². The second-order valence-electron chi connectivity index (χ2n) is 8.71. The number of carbonyl (C=O) groups is 2. The van der Waals surface area contributed by atoms with E-state index in [1.54, 1.807) is 0 Å².